The largest absolute Gasteiger partial charge is 0.490 e. The van der Waals surface area contributed by atoms with Crippen LogP contribution in [-0.4, -0.2) is 43.5 Å². The molecule has 110 valence electrons. The number of hydrogen-bond acceptors (Lipinski definition) is 4. The molecule has 0 bridgehead atoms. The second kappa shape index (κ2) is 7.87. The smallest absolute Gasteiger partial charge is 0.339 e. The Morgan fingerprint density at radius 3 is 2.90 bits per heavy atom. The number of carboxylic acids is 1. The summed E-state index contributed by atoms with van der Waals surface area (Å²) in [6, 6.07) is 7.07. The molecule has 2 N–H and O–H groups in total. The Morgan fingerprint density at radius 1 is 1.30 bits per heavy atom. The van der Waals surface area contributed by atoms with E-state index < -0.39 is 5.97 Å². The van der Waals surface area contributed by atoms with Crippen LogP contribution in [0.4, 0.5) is 0 Å². The number of carboxylic acid groups (broad SMARTS) is 1. The zero-order valence-corrected chi connectivity index (χ0v) is 11.5. The third-order valence-corrected chi connectivity index (χ3v) is 3.33. The SMILES string of the molecule is O=C(O)c1ccccc1OCCOCC1CCCCN1. The van der Waals surface area contributed by atoms with Gasteiger partial charge >= 0.3 is 5.97 Å². The first kappa shape index (κ1) is 14.8. The molecule has 1 aliphatic heterocycles. The van der Waals surface area contributed by atoms with Gasteiger partial charge in [0.05, 0.1) is 13.2 Å². The molecule has 2 rings (SSSR count). The minimum Gasteiger partial charge on any atom is -0.490 e. The average Bonchev–Trinajstić information content (AvgIpc) is 2.48. The number of piperidine rings is 1. The lowest BCUT2D eigenvalue weighted by molar-refractivity contribution is 0.0673. The molecule has 5 nitrogen and oxygen atoms in total. The van der Waals surface area contributed by atoms with Crippen LogP contribution in [0.15, 0.2) is 24.3 Å². The lowest BCUT2D eigenvalue weighted by atomic mass is 10.1. The molecule has 1 unspecified atom stereocenters. The lowest BCUT2D eigenvalue weighted by Crippen LogP contribution is -2.37. The second-order valence-corrected chi connectivity index (χ2v) is 4.87. The summed E-state index contributed by atoms with van der Waals surface area (Å²) < 4.78 is 11.0. The van der Waals surface area contributed by atoms with Crippen LogP contribution < -0.4 is 10.1 Å². The molecule has 20 heavy (non-hydrogen) atoms. The van der Waals surface area contributed by atoms with Gasteiger partial charge in [-0.2, -0.15) is 0 Å². The first-order chi connectivity index (χ1) is 9.77. The fourth-order valence-corrected chi connectivity index (χ4v) is 2.27. The van der Waals surface area contributed by atoms with Gasteiger partial charge in [0, 0.05) is 6.04 Å². The van der Waals surface area contributed by atoms with E-state index in [9.17, 15) is 4.79 Å². The van der Waals surface area contributed by atoms with Crippen LogP contribution in [0.3, 0.4) is 0 Å². The van der Waals surface area contributed by atoms with Crippen LogP contribution in [-0.2, 0) is 4.74 Å². The van der Waals surface area contributed by atoms with Crippen LogP contribution in [0.5, 0.6) is 5.75 Å². The van der Waals surface area contributed by atoms with Gasteiger partial charge in [0.15, 0.2) is 0 Å². The van der Waals surface area contributed by atoms with E-state index in [-0.39, 0.29) is 5.56 Å². The van der Waals surface area contributed by atoms with Gasteiger partial charge in [-0.1, -0.05) is 18.6 Å². The van der Waals surface area contributed by atoms with Crippen molar-refractivity contribution in [3.05, 3.63) is 29.8 Å². The van der Waals surface area contributed by atoms with Crippen molar-refractivity contribution in [1.29, 1.82) is 0 Å². The Bertz CT molecular complexity index is 430. The fraction of sp³-hybridized carbons (Fsp3) is 0.533. The monoisotopic (exact) mass is 279 g/mol. The lowest BCUT2D eigenvalue weighted by Gasteiger charge is -2.23. The standard InChI is InChI=1S/C15H21NO4/c17-15(18)13-6-1-2-7-14(13)20-10-9-19-11-12-5-3-4-8-16-12/h1-2,6-7,12,16H,3-5,8-11H2,(H,17,18). The summed E-state index contributed by atoms with van der Waals surface area (Å²) >= 11 is 0. The highest BCUT2D eigenvalue weighted by atomic mass is 16.5. The van der Waals surface area contributed by atoms with Gasteiger partial charge in [-0.3, -0.25) is 0 Å². The molecular formula is C15H21NO4. The van der Waals surface area contributed by atoms with Gasteiger partial charge in [-0.15, -0.1) is 0 Å². The molecule has 0 radical (unpaired) electrons. The summed E-state index contributed by atoms with van der Waals surface area (Å²) in [6.45, 7) is 2.57. The molecule has 0 aliphatic carbocycles. The summed E-state index contributed by atoms with van der Waals surface area (Å²) in [5.74, 6) is -0.590. The Labute approximate surface area is 118 Å². The van der Waals surface area contributed by atoms with Crippen molar-refractivity contribution < 1.29 is 19.4 Å². The van der Waals surface area contributed by atoms with Crippen LogP contribution in [0, 0.1) is 0 Å². The number of rotatable bonds is 7. The van der Waals surface area contributed by atoms with Crippen LogP contribution in [0.25, 0.3) is 0 Å². The molecular weight excluding hydrogens is 258 g/mol. The maximum absolute atomic E-state index is 11.0. The molecule has 0 aromatic heterocycles. The first-order valence-corrected chi connectivity index (χ1v) is 7.03. The zero-order chi connectivity index (χ0) is 14.2. The summed E-state index contributed by atoms with van der Waals surface area (Å²) in [7, 11) is 0. The third kappa shape index (κ3) is 4.51. The predicted molar refractivity (Wildman–Crippen MR) is 75.4 cm³/mol. The maximum Gasteiger partial charge on any atom is 0.339 e. The van der Waals surface area contributed by atoms with Crippen molar-refractivity contribution in [2.45, 2.75) is 25.3 Å². The highest BCUT2D eigenvalue weighted by Crippen LogP contribution is 2.17. The van der Waals surface area contributed by atoms with Gasteiger partial charge in [-0.25, -0.2) is 4.79 Å². The fourth-order valence-electron chi connectivity index (χ4n) is 2.27. The number of ether oxygens (including phenoxy) is 2. The quantitative estimate of drug-likeness (QED) is 0.746. The number of nitrogens with one attached hydrogen (secondary N) is 1. The van der Waals surface area contributed by atoms with E-state index in [2.05, 4.69) is 5.32 Å². The van der Waals surface area contributed by atoms with Crippen molar-refractivity contribution in [3.63, 3.8) is 0 Å². The molecule has 0 amide bonds. The Balaban J connectivity index is 1.67. The normalized spacial score (nSPS) is 18.7. The summed E-state index contributed by atoms with van der Waals surface area (Å²) in [5, 5.41) is 12.4. The number of para-hydroxylation sites is 1. The minimum absolute atomic E-state index is 0.182. The molecule has 1 fully saturated rings. The summed E-state index contributed by atoms with van der Waals surface area (Å²) in [4.78, 5) is 11.0. The van der Waals surface area contributed by atoms with E-state index >= 15 is 0 Å². The summed E-state index contributed by atoms with van der Waals surface area (Å²) in [5.41, 5.74) is 0.182. The van der Waals surface area contributed by atoms with Gasteiger partial charge in [0.2, 0.25) is 0 Å². The molecule has 0 saturated carbocycles. The van der Waals surface area contributed by atoms with Crippen LogP contribution in [0.1, 0.15) is 29.6 Å². The third-order valence-electron chi connectivity index (χ3n) is 3.33. The molecule has 1 aromatic carbocycles. The van der Waals surface area contributed by atoms with Crippen molar-refractivity contribution >= 4 is 5.97 Å². The Morgan fingerprint density at radius 2 is 2.15 bits per heavy atom. The van der Waals surface area contributed by atoms with E-state index in [0.29, 0.717) is 31.6 Å². The molecule has 5 heteroatoms. The zero-order valence-electron chi connectivity index (χ0n) is 11.5. The van der Waals surface area contributed by atoms with Gasteiger partial charge in [0.25, 0.3) is 0 Å². The molecule has 1 atom stereocenters. The van der Waals surface area contributed by atoms with Crippen molar-refractivity contribution in [3.8, 4) is 5.75 Å². The number of benzene rings is 1. The summed E-state index contributed by atoms with van der Waals surface area (Å²) in [6.07, 6.45) is 3.65. The second-order valence-electron chi connectivity index (χ2n) is 4.87. The van der Waals surface area contributed by atoms with Crippen molar-refractivity contribution in [2.24, 2.45) is 0 Å². The topological polar surface area (TPSA) is 67.8 Å². The van der Waals surface area contributed by atoms with E-state index in [4.69, 9.17) is 14.6 Å². The number of carbonyl (C=O) groups is 1. The molecule has 1 aliphatic rings. The van der Waals surface area contributed by atoms with E-state index in [1.54, 1.807) is 18.2 Å². The van der Waals surface area contributed by atoms with Gasteiger partial charge in [-0.05, 0) is 31.5 Å². The highest BCUT2D eigenvalue weighted by Gasteiger charge is 2.12. The van der Waals surface area contributed by atoms with Crippen LogP contribution in [0.2, 0.25) is 0 Å². The Hall–Kier alpha value is -1.59. The van der Waals surface area contributed by atoms with Crippen molar-refractivity contribution in [2.75, 3.05) is 26.4 Å². The predicted octanol–water partition coefficient (Wildman–Crippen LogP) is 1.92. The van der Waals surface area contributed by atoms with Gasteiger partial charge < -0.3 is 19.9 Å². The Kier molecular flexibility index (Phi) is 5.83. The van der Waals surface area contributed by atoms with E-state index in [1.807, 2.05) is 0 Å². The minimum atomic E-state index is -0.979. The van der Waals surface area contributed by atoms with E-state index in [1.165, 1.54) is 18.9 Å². The molecule has 1 heterocycles. The molecule has 1 saturated heterocycles. The highest BCUT2D eigenvalue weighted by molar-refractivity contribution is 5.90. The maximum atomic E-state index is 11.0. The molecule has 1 aromatic rings. The van der Waals surface area contributed by atoms with Crippen molar-refractivity contribution in [1.82, 2.24) is 5.32 Å². The van der Waals surface area contributed by atoms with Crippen LogP contribution >= 0.6 is 0 Å². The first-order valence-electron chi connectivity index (χ1n) is 7.03. The number of aromatic carboxylic acids is 1. The number of hydrogen-bond donors (Lipinski definition) is 2. The molecule has 0 spiro atoms. The van der Waals surface area contributed by atoms with E-state index in [0.717, 1.165) is 13.0 Å². The average molecular weight is 279 g/mol. The van der Waals surface area contributed by atoms with Gasteiger partial charge in [0.1, 0.15) is 17.9 Å².